The molecule has 1 aromatic carbocycles. The van der Waals surface area contributed by atoms with Gasteiger partial charge in [0.2, 0.25) is 0 Å². The molecule has 0 unspecified atom stereocenters. The average Bonchev–Trinajstić information content (AvgIpc) is 2.85. The highest BCUT2D eigenvalue weighted by molar-refractivity contribution is 7.09. The maximum Gasteiger partial charge on any atom is 0.339 e. The predicted molar refractivity (Wildman–Crippen MR) is 83.0 cm³/mol. The van der Waals surface area contributed by atoms with Gasteiger partial charge in [-0.05, 0) is 18.2 Å². The molecular weight excluding hydrogens is 288 g/mol. The molecule has 2 aromatic rings. The summed E-state index contributed by atoms with van der Waals surface area (Å²) in [5, 5.41) is 12.0. The molecule has 0 aliphatic heterocycles. The number of hydrogen-bond acceptors (Lipinski definition) is 5. The molecule has 0 fully saturated rings. The standard InChI is InChI=1S/C15H18N2O3S/c1-15(2,3)12-8-21-13(17-12)7-20-11-5-4-9(16)6-10(11)14(18)19/h4-6,8H,7,16H2,1-3H3,(H,18,19). The topological polar surface area (TPSA) is 85.4 Å². The lowest BCUT2D eigenvalue weighted by Gasteiger charge is -2.14. The number of ether oxygens (including phenoxy) is 1. The van der Waals surface area contributed by atoms with E-state index in [1.54, 1.807) is 12.1 Å². The molecule has 0 aliphatic rings. The summed E-state index contributed by atoms with van der Waals surface area (Å²) < 4.78 is 5.58. The minimum atomic E-state index is -1.06. The van der Waals surface area contributed by atoms with Crippen molar-refractivity contribution >= 4 is 23.0 Å². The van der Waals surface area contributed by atoms with Crippen LogP contribution in [0.3, 0.4) is 0 Å². The SMILES string of the molecule is CC(C)(C)c1csc(COc2ccc(N)cc2C(=O)O)n1. The van der Waals surface area contributed by atoms with Gasteiger partial charge in [-0.2, -0.15) is 0 Å². The fourth-order valence-electron chi connectivity index (χ4n) is 1.70. The van der Waals surface area contributed by atoms with Crippen molar-refractivity contribution in [1.29, 1.82) is 0 Å². The number of aromatic nitrogens is 1. The minimum absolute atomic E-state index is 0.0117. The molecule has 112 valence electrons. The smallest absolute Gasteiger partial charge is 0.339 e. The molecule has 1 aromatic heterocycles. The first-order valence-corrected chi connectivity index (χ1v) is 7.36. The zero-order chi connectivity index (χ0) is 15.6. The largest absolute Gasteiger partial charge is 0.486 e. The third-order valence-electron chi connectivity index (χ3n) is 2.91. The van der Waals surface area contributed by atoms with E-state index in [-0.39, 0.29) is 17.6 Å². The number of nitrogens with zero attached hydrogens (tertiary/aromatic N) is 1. The lowest BCUT2D eigenvalue weighted by Crippen LogP contribution is -2.11. The molecule has 0 radical (unpaired) electrons. The summed E-state index contributed by atoms with van der Waals surface area (Å²) in [5.74, 6) is -0.768. The van der Waals surface area contributed by atoms with Crippen LogP contribution in [-0.2, 0) is 12.0 Å². The van der Waals surface area contributed by atoms with Crippen LogP contribution in [0, 0.1) is 0 Å². The van der Waals surface area contributed by atoms with Crippen molar-refractivity contribution in [2.45, 2.75) is 32.8 Å². The van der Waals surface area contributed by atoms with Crippen molar-refractivity contribution in [3.05, 3.63) is 39.8 Å². The van der Waals surface area contributed by atoms with Crippen LogP contribution in [0.4, 0.5) is 5.69 Å². The Bertz CT molecular complexity index is 659. The number of hydrogen-bond donors (Lipinski definition) is 2. The summed E-state index contributed by atoms with van der Waals surface area (Å²) >= 11 is 1.50. The van der Waals surface area contributed by atoms with Crippen LogP contribution in [0.15, 0.2) is 23.6 Å². The van der Waals surface area contributed by atoms with Gasteiger partial charge in [0.25, 0.3) is 0 Å². The van der Waals surface area contributed by atoms with E-state index in [1.807, 2.05) is 5.38 Å². The molecule has 0 spiro atoms. The molecule has 0 aliphatic carbocycles. The third-order valence-corrected chi connectivity index (χ3v) is 3.73. The van der Waals surface area contributed by atoms with Crippen LogP contribution >= 0.6 is 11.3 Å². The van der Waals surface area contributed by atoms with Crippen molar-refractivity contribution in [3.63, 3.8) is 0 Å². The summed E-state index contributed by atoms with van der Waals surface area (Å²) in [6.45, 7) is 6.52. The number of rotatable bonds is 4. The Morgan fingerprint density at radius 2 is 2.14 bits per heavy atom. The Morgan fingerprint density at radius 1 is 1.43 bits per heavy atom. The maximum absolute atomic E-state index is 11.2. The number of benzene rings is 1. The molecule has 0 amide bonds. The molecule has 0 bridgehead atoms. The Morgan fingerprint density at radius 3 is 2.71 bits per heavy atom. The van der Waals surface area contributed by atoms with Gasteiger partial charge in [-0.15, -0.1) is 11.3 Å². The zero-order valence-electron chi connectivity index (χ0n) is 12.2. The monoisotopic (exact) mass is 306 g/mol. The van der Waals surface area contributed by atoms with E-state index < -0.39 is 5.97 Å². The lowest BCUT2D eigenvalue weighted by atomic mass is 9.93. The zero-order valence-corrected chi connectivity index (χ0v) is 13.0. The molecule has 3 N–H and O–H groups in total. The van der Waals surface area contributed by atoms with Crippen molar-refractivity contribution in [1.82, 2.24) is 4.98 Å². The van der Waals surface area contributed by atoms with E-state index in [4.69, 9.17) is 15.6 Å². The van der Waals surface area contributed by atoms with Crippen LogP contribution in [0.25, 0.3) is 0 Å². The van der Waals surface area contributed by atoms with Crippen LogP contribution in [-0.4, -0.2) is 16.1 Å². The van der Waals surface area contributed by atoms with E-state index in [2.05, 4.69) is 25.8 Å². The number of anilines is 1. The van der Waals surface area contributed by atoms with Crippen molar-refractivity contribution in [2.24, 2.45) is 0 Å². The lowest BCUT2D eigenvalue weighted by molar-refractivity contribution is 0.0692. The highest BCUT2D eigenvalue weighted by Gasteiger charge is 2.18. The van der Waals surface area contributed by atoms with E-state index in [0.29, 0.717) is 11.4 Å². The summed E-state index contributed by atoms with van der Waals surface area (Å²) in [6.07, 6.45) is 0. The number of carbonyl (C=O) groups is 1. The van der Waals surface area contributed by atoms with E-state index in [1.165, 1.54) is 17.4 Å². The first-order valence-electron chi connectivity index (χ1n) is 6.48. The highest BCUT2D eigenvalue weighted by Crippen LogP contribution is 2.26. The molecule has 6 heteroatoms. The number of aromatic carboxylic acids is 1. The Hall–Kier alpha value is -2.08. The quantitative estimate of drug-likeness (QED) is 0.846. The highest BCUT2D eigenvalue weighted by atomic mass is 32.1. The molecule has 1 heterocycles. The second-order valence-corrected chi connectivity index (χ2v) is 6.67. The fraction of sp³-hybridized carbons (Fsp3) is 0.333. The summed E-state index contributed by atoms with van der Waals surface area (Å²) in [7, 11) is 0. The summed E-state index contributed by atoms with van der Waals surface area (Å²) in [6, 6.07) is 4.57. The van der Waals surface area contributed by atoms with E-state index in [9.17, 15) is 4.79 Å². The second-order valence-electron chi connectivity index (χ2n) is 5.73. The van der Waals surface area contributed by atoms with Crippen LogP contribution in [0.5, 0.6) is 5.75 Å². The average molecular weight is 306 g/mol. The van der Waals surface area contributed by atoms with Crippen LogP contribution in [0.2, 0.25) is 0 Å². The number of thiazole rings is 1. The molecule has 2 rings (SSSR count). The van der Waals surface area contributed by atoms with Gasteiger partial charge >= 0.3 is 5.97 Å². The maximum atomic E-state index is 11.2. The van der Waals surface area contributed by atoms with E-state index >= 15 is 0 Å². The van der Waals surface area contributed by atoms with Crippen molar-refractivity contribution in [2.75, 3.05) is 5.73 Å². The minimum Gasteiger partial charge on any atom is -0.486 e. The van der Waals surface area contributed by atoms with Gasteiger partial charge in [0.15, 0.2) is 0 Å². The summed E-state index contributed by atoms with van der Waals surface area (Å²) in [5.41, 5.74) is 7.04. The van der Waals surface area contributed by atoms with Crippen molar-refractivity contribution in [3.8, 4) is 5.75 Å². The number of nitrogen functional groups attached to an aromatic ring is 1. The van der Waals surface area contributed by atoms with Gasteiger partial charge in [-0.3, -0.25) is 0 Å². The molecule has 5 nitrogen and oxygen atoms in total. The number of nitrogens with two attached hydrogens (primary N) is 1. The Kier molecular flexibility index (Phi) is 4.18. The van der Waals surface area contributed by atoms with Crippen LogP contribution in [0.1, 0.15) is 41.8 Å². The number of carboxylic acids is 1. The van der Waals surface area contributed by atoms with Gasteiger partial charge < -0.3 is 15.6 Å². The van der Waals surface area contributed by atoms with Gasteiger partial charge in [-0.1, -0.05) is 20.8 Å². The van der Waals surface area contributed by atoms with Gasteiger partial charge in [0, 0.05) is 16.5 Å². The fourth-order valence-corrected chi connectivity index (χ4v) is 2.63. The first-order chi connectivity index (χ1) is 9.77. The molecule has 0 saturated heterocycles. The van der Waals surface area contributed by atoms with Crippen LogP contribution < -0.4 is 10.5 Å². The van der Waals surface area contributed by atoms with E-state index in [0.717, 1.165) is 10.7 Å². The Balaban J connectivity index is 2.13. The third kappa shape index (κ3) is 3.72. The normalized spacial score (nSPS) is 11.4. The number of carboxylic acid groups (broad SMARTS) is 1. The molecule has 0 atom stereocenters. The molecule has 21 heavy (non-hydrogen) atoms. The summed E-state index contributed by atoms with van der Waals surface area (Å²) in [4.78, 5) is 15.7. The Labute approximate surface area is 127 Å². The molecular formula is C15H18N2O3S. The van der Waals surface area contributed by atoms with Gasteiger partial charge in [0.1, 0.15) is 22.9 Å². The van der Waals surface area contributed by atoms with Crippen molar-refractivity contribution < 1.29 is 14.6 Å². The predicted octanol–water partition coefficient (Wildman–Crippen LogP) is 3.30. The molecule has 0 saturated carbocycles. The first kappa shape index (κ1) is 15.3. The van der Waals surface area contributed by atoms with Gasteiger partial charge in [-0.25, -0.2) is 9.78 Å². The van der Waals surface area contributed by atoms with Gasteiger partial charge in [0.05, 0.1) is 5.69 Å². The second kappa shape index (κ2) is 5.73.